The van der Waals surface area contributed by atoms with Gasteiger partial charge in [0.15, 0.2) is 17.3 Å². The van der Waals surface area contributed by atoms with E-state index in [1.165, 1.54) is 0 Å². The van der Waals surface area contributed by atoms with Crippen LogP contribution in [0.2, 0.25) is 0 Å². The fourth-order valence-electron chi connectivity index (χ4n) is 3.74. The lowest BCUT2D eigenvalue weighted by molar-refractivity contribution is -0.127. The van der Waals surface area contributed by atoms with Crippen molar-refractivity contribution < 1.29 is 23.5 Å². The summed E-state index contributed by atoms with van der Waals surface area (Å²) in [6.45, 7) is 1.19. The van der Waals surface area contributed by atoms with Gasteiger partial charge >= 0.3 is 0 Å². The maximum absolute atomic E-state index is 12.5. The van der Waals surface area contributed by atoms with E-state index in [9.17, 15) is 4.79 Å². The molecule has 1 unspecified atom stereocenters. The van der Waals surface area contributed by atoms with Gasteiger partial charge in [0.25, 0.3) is 5.89 Å². The number of carbonyl (C=O) groups excluding carboxylic acids is 1. The minimum absolute atomic E-state index is 0.0824. The Balaban J connectivity index is 1.40. The number of carbonyl (C=O) groups is 1. The maximum Gasteiger partial charge on any atom is 0.258 e. The summed E-state index contributed by atoms with van der Waals surface area (Å²) in [6.07, 6.45) is 1.10. The van der Waals surface area contributed by atoms with Gasteiger partial charge in [-0.1, -0.05) is 17.3 Å². The average molecular weight is 423 g/mol. The van der Waals surface area contributed by atoms with E-state index in [2.05, 4.69) is 10.1 Å². The first-order chi connectivity index (χ1) is 15.1. The molecular formula is C23H25N3O5. The Hall–Kier alpha value is -3.55. The van der Waals surface area contributed by atoms with Crippen LogP contribution in [-0.2, 0) is 11.2 Å². The zero-order valence-electron chi connectivity index (χ0n) is 17.8. The minimum atomic E-state index is -0.0824. The van der Waals surface area contributed by atoms with Gasteiger partial charge in [-0.15, -0.1) is 0 Å². The number of hydrogen-bond donors (Lipinski definition) is 0. The topological polar surface area (TPSA) is 86.9 Å². The molecule has 0 bridgehead atoms. The van der Waals surface area contributed by atoms with E-state index in [0.29, 0.717) is 42.7 Å². The zero-order chi connectivity index (χ0) is 21.8. The molecule has 1 aliphatic rings. The Labute approximate surface area is 180 Å². The van der Waals surface area contributed by atoms with Gasteiger partial charge in [0, 0.05) is 31.0 Å². The molecule has 1 fully saturated rings. The molecule has 162 valence electrons. The molecule has 1 amide bonds. The summed E-state index contributed by atoms with van der Waals surface area (Å²) in [7, 11) is 4.83. The van der Waals surface area contributed by atoms with Crippen LogP contribution >= 0.6 is 0 Å². The molecule has 2 aromatic carbocycles. The van der Waals surface area contributed by atoms with Crippen LogP contribution in [0.4, 0.5) is 0 Å². The first kappa shape index (κ1) is 20.7. The largest absolute Gasteiger partial charge is 0.497 e. The molecule has 8 nitrogen and oxygen atoms in total. The Bertz CT molecular complexity index is 1060. The summed E-state index contributed by atoms with van der Waals surface area (Å²) in [5.74, 6) is 3.08. The van der Waals surface area contributed by atoms with Crippen molar-refractivity contribution in [1.29, 1.82) is 0 Å². The molecule has 1 saturated heterocycles. The first-order valence-corrected chi connectivity index (χ1v) is 10.1. The van der Waals surface area contributed by atoms with Gasteiger partial charge in [0.2, 0.25) is 5.91 Å². The lowest BCUT2D eigenvalue weighted by atomic mass is 10.1. The number of methoxy groups -OCH3 is 3. The number of rotatable bonds is 8. The monoisotopic (exact) mass is 423 g/mol. The number of likely N-dealkylation sites (tertiary alicyclic amines) is 1. The summed E-state index contributed by atoms with van der Waals surface area (Å²) in [6, 6.07) is 13.2. The van der Waals surface area contributed by atoms with E-state index >= 15 is 0 Å². The first-order valence-electron chi connectivity index (χ1n) is 10.1. The highest BCUT2D eigenvalue weighted by molar-refractivity contribution is 5.79. The molecule has 3 aromatic rings. The molecule has 0 saturated carbocycles. The van der Waals surface area contributed by atoms with Gasteiger partial charge in [0.05, 0.1) is 21.3 Å². The van der Waals surface area contributed by atoms with E-state index < -0.39 is 0 Å². The van der Waals surface area contributed by atoms with Gasteiger partial charge in [0.1, 0.15) is 5.75 Å². The standard InChI is InChI=1S/C23H25N3O5/c1-28-18-6-4-5-16(12-18)23-24-22(25-31-23)17-13-21(27)26(14-17)10-9-15-7-8-19(29-2)20(11-15)30-3/h4-8,11-12,17H,9-10,13-14H2,1-3H3. The second-order valence-electron chi connectivity index (χ2n) is 7.37. The van der Waals surface area contributed by atoms with Gasteiger partial charge < -0.3 is 23.6 Å². The number of benzene rings is 2. The highest BCUT2D eigenvalue weighted by atomic mass is 16.5. The maximum atomic E-state index is 12.5. The van der Waals surface area contributed by atoms with Crippen LogP contribution in [0.15, 0.2) is 47.0 Å². The Kier molecular flexibility index (Phi) is 6.06. The van der Waals surface area contributed by atoms with Crippen LogP contribution in [0, 0.1) is 0 Å². The van der Waals surface area contributed by atoms with Crippen LogP contribution in [0.25, 0.3) is 11.5 Å². The summed E-state index contributed by atoms with van der Waals surface area (Å²) >= 11 is 0. The van der Waals surface area contributed by atoms with E-state index in [1.54, 1.807) is 21.3 Å². The molecule has 1 aromatic heterocycles. The van der Waals surface area contributed by atoms with Crippen molar-refractivity contribution in [2.75, 3.05) is 34.4 Å². The molecule has 2 heterocycles. The van der Waals surface area contributed by atoms with Crippen molar-refractivity contribution >= 4 is 5.91 Å². The van der Waals surface area contributed by atoms with Crippen LogP contribution < -0.4 is 14.2 Å². The van der Waals surface area contributed by atoms with Crippen LogP contribution in [0.3, 0.4) is 0 Å². The van der Waals surface area contributed by atoms with E-state index in [4.69, 9.17) is 18.7 Å². The molecule has 1 atom stereocenters. The number of amides is 1. The van der Waals surface area contributed by atoms with Crippen molar-refractivity contribution in [3.05, 3.63) is 53.9 Å². The van der Waals surface area contributed by atoms with Gasteiger partial charge in [-0.25, -0.2) is 0 Å². The summed E-state index contributed by atoms with van der Waals surface area (Å²) in [5, 5.41) is 4.12. The predicted octanol–water partition coefficient (Wildman–Crippen LogP) is 3.32. The van der Waals surface area contributed by atoms with E-state index in [0.717, 1.165) is 23.3 Å². The van der Waals surface area contributed by atoms with Crippen LogP contribution in [0.5, 0.6) is 17.2 Å². The lowest BCUT2D eigenvalue weighted by Gasteiger charge is -2.16. The average Bonchev–Trinajstić information content (AvgIpc) is 3.44. The number of ether oxygens (including phenoxy) is 3. The van der Waals surface area contributed by atoms with Gasteiger partial charge in [-0.05, 0) is 42.3 Å². The fourth-order valence-corrected chi connectivity index (χ4v) is 3.74. The van der Waals surface area contributed by atoms with Crippen molar-refractivity contribution in [2.24, 2.45) is 0 Å². The molecule has 0 N–H and O–H groups in total. The molecular weight excluding hydrogens is 398 g/mol. The zero-order valence-corrected chi connectivity index (χ0v) is 17.8. The predicted molar refractivity (Wildman–Crippen MR) is 113 cm³/mol. The number of aromatic nitrogens is 2. The molecule has 0 spiro atoms. The van der Waals surface area contributed by atoms with Gasteiger partial charge in [-0.3, -0.25) is 4.79 Å². The third kappa shape index (κ3) is 4.47. The summed E-state index contributed by atoms with van der Waals surface area (Å²) in [4.78, 5) is 18.9. The number of nitrogens with zero attached hydrogens (tertiary/aromatic N) is 3. The summed E-state index contributed by atoms with van der Waals surface area (Å²) in [5.41, 5.74) is 1.86. The highest BCUT2D eigenvalue weighted by Crippen LogP contribution is 2.30. The van der Waals surface area contributed by atoms with Crippen LogP contribution in [-0.4, -0.2) is 55.4 Å². The molecule has 31 heavy (non-hydrogen) atoms. The third-order valence-electron chi connectivity index (χ3n) is 5.46. The number of hydrogen-bond acceptors (Lipinski definition) is 7. The second kappa shape index (κ2) is 9.07. The van der Waals surface area contributed by atoms with Crippen molar-refractivity contribution in [1.82, 2.24) is 15.0 Å². The minimum Gasteiger partial charge on any atom is -0.497 e. The normalized spacial score (nSPS) is 15.9. The second-order valence-corrected chi connectivity index (χ2v) is 7.37. The molecule has 8 heteroatoms. The van der Waals surface area contributed by atoms with E-state index in [-0.39, 0.29) is 11.8 Å². The SMILES string of the molecule is COc1cccc(-c2nc(C3CC(=O)N(CCc4ccc(OC)c(OC)c4)C3)no2)c1. The lowest BCUT2D eigenvalue weighted by Crippen LogP contribution is -2.27. The van der Waals surface area contributed by atoms with Crippen LogP contribution in [0.1, 0.15) is 23.7 Å². The Morgan fingerprint density at radius 3 is 2.68 bits per heavy atom. The molecule has 1 aliphatic heterocycles. The quantitative estimate of drug-likeness (QED) is 0.549. The Morgan fingerprint density at radius 1 is 1.06 bits per heavy atom. The smallest absolute Gasteiger partial charge is 0.258 e. The molecule has 0 radical (unpaired) electrons. The molecule has 4 rings (SSSR count). The fraction of sp³-hybridized carbons (Fsp3) is 0.348. The third-order valence-corrected chi connectivity index (χ3v) is 5.46. The molecule has 0 aliphatic carbocycles. The van der Waals surface area contributed by atoms with Crippen molar-refractivity contribution in [3.63, 3.8) is 0 Å². The highest BCUT2D eigenvalue weighted by Gasteiger charge is 2.33. The Morgan fingerprint density at radius 2 is 1.90 bits per heavy atom. The van der Waals surface area contributed by atoms with Gasteiger partial charge in [-0.2, -0.15) is 4.98 Å². The summed E-state index contributed by atoms with van der Waals surface area (Å²) < 4.78 is 21.3. The van der Waals surface area contributed by atoms with E-state index in [1.807, 2.05) is 47.4 Å². The van der Waals surface area contributed by atoms with Crippen molar-refractivity contribution in [3.8, 4) is 28.7 Å². The van der Waals surface area contributed by atoms with Crippen molar-refractivity contribution in [2.45, 2.75) is 18.8 Å².